The maximum Gasteiger partial charge on any atom is 0.264 e. The molecule has 1 N–H and O–H groups in total. The van der Waals surface area contributed by atoms with Crippen molar-refractivity contribution in [3.05, 3.63) is 33.4 Å². The van der Waals surface area contributed by atoms with E-state index in [1.54, 1.807) is 37.7 Å². The zero-order valence-corrected chi connectivity index (χ0v) is 16.1. The molecule has 0 radical (unpaired) electrons. The van der Waals surface area contributed by atoms with Gasteiger partial charge in [-0.15, -0.1) is 11.8 Å². The van der Waals surface area contributed by atoms with Crippen LogP contribution in [0.2, 0.25) is 0 Å². The summed E-state index contributed by atoms with van der Waals surface area (Å²) in [5.74, 6) is 0. The second-order valence-electron chi connectivity index (χ2n) is 4.57. The molecule has 2 aromatic rings. The molecule has 0 unspecified atom stereocenters. The van der Waals surface area contributed by atoms with E-state index in [4.69, 9.17) is 0 Å². The van der Waals surface area contributed by atoms with Gasteiger partial charge < -0.3 is 0 Å². The third-order valence-corrected chi connectivity index (χ3v) is 7.37. The van der Waals surface area contributed by atoms with Crippen molar-refractivity contribution in [3.8, 4) is 0 Å². The molecule has 0 atom stereocenters. The monoisotopic (exact) mass is 406 g/mol. The topological polar surface area (TPSA) is 59.1 Å². The molecule has 1 heterocycles. The van der Waals surface area contributed by atoms with Crippen LogP contribution in [0.15, 0.2) is 25.7 Å². The molecule has 0 bridgehead atoms. The lowest BCUT2D eigenvalue weighted by molar-refractivity contribution is 0.600. The minimum Gasteiger partial charge on any atom is -0.255 e. The number of nitrogens with one attached hydrogen (secondary N) is 1. The lowest BCUT2D eigenvalue weighted by atomic mass is 10.2. The number of hydrogen-bond donors (Lipinski definition) is 1. The van der Waals surface area contributed by atoms with Crippen LogP contribution in [-0.2, 0) is 10.0 Å². The zero-order chi connectivity index (χ0) is 15.8. The Labute approximate surface area is 141 Å². The van der Waals surface area contributed by atoms with Gasteiger partial charge in [-0.2, -0.15) is 0 Å². The minimum atomic E-state index is -3.64. The van der Waals surface area contributed by atoms with Crippen LogP contribution >= 0.6 is 39.0 Å². The molecule has 2 rings (SSSR count). The number of thiazole rings is 1. The highest BCUT2D eigenvalue weighted by atomic mass is 79.9. The summed E-state index contributed by atoms with van der Waals surface area (Å²) in [5.41, 5.74) is 2.25. The van der Waals surface area contributed by atoms with E-state index < -0.39 is 10.0 Å². The minimum absolute atomic E-state index is 0.309. The smallest absolute Gasteiger partial charge is 0.255 e. The van der Waals surface area contributed by atoms with E-state index in [9.17, 15) is 8.42 Å². The molecule has 21 heavy (non-hydrogen) atoms. The van der Waals surface area contributed by atoms with Crippen molar-refractivity contribution in [2.24, 2.45) is 0 Å². The van der Waals surface area contributed by atoms with Crippen LogP contribution in [0.5, 0.6) is 0 Å². The molecule has 0 saturated heterocycles. The van der Waals surface area contributed by atoms with E-state index in [-0.39, 0.29) is 0 Å². The van der Waals surface area contributed by atoms with Gasteiger partial charge in [-0.25, -0.2) is 13.4 Å². The second kappa shape index (κ2) is 6.28. The largest absolute Gasteiger partial charge is 0.264 e. The van der Waals surface area contributed by atoms with Crippen LogP contribution in [0.1, 0.15) is 16.8 Å². The quantitative estimate of drug-likeness (QED) is 0.766. The van der Waals surface area contributed by atoms with Crippen LogP contribution in [0.4, 0.5) is 5.13 Å². The van der Waals surface area contributed by atoms with Crippen LogP contribution in [0.3, 0.4) is 0 Å². The molecule has 1 aromatic heterocycles. The predicted molar refractivity (Wildman–Crippen MR) is 93.1 cm³/mol. The SMILES string of the molecule is CSc1sc(NS(=O)(=O)c2c(C)cc(Br)cc2C)nc1C. The summed E-state index contributed by atoms with van der Waals surface area (Å²) in [6.07, 6.45) is 1.95. The first-order valence-electron chi connectivity index (χ1n) is 6.05. The Hall–Kier alpha value is -0.570. The Morgan fingerprint density at radius 1 is 1.24 bits per heavy atom. The number of thioether (sulfide) groups is 1. The Balaban J connectivity index is 2.43. The predicted octanol–water partition coefficient (Wildman–Crippen LogP) is 4.35. The standard InChI is InChI=1S/C13H15BrN2O2S3/c1-7-5-10(14)6-8(2)11(7)21(17,18)16-13-15-9(3)12(19-4)20-13/h5-6H,1-4H3,(H,15,16). The highest BCUT2D eigenvalue weighted by molar-refractivity contribution is 9.10. The Bertz CT molecular complexity index is 762. The molecule has 0 amide bonds. The highest BCUT2D eigenvalue weighted by Gasteiger charge is 2.22. The van der Waals surface area contributed by atoms with Crippen molar-refractivity contribution in [2.75, 3.05) is 11.0 Å². The van der Waals surface area contributed by atoms with E-state index in [2.05, 4.69) is 25.6 Å². The van der Waals surface area contributed by atoms with Gasteiger partial charge >= 0.3 is 0 Å². The number of aryl methyl sites for hydroxylation is 3. The average molecular weight is 407 g/mol. The van der Waals surface area contributed by atoms with Crippen molar-refractivity contribution in [1.29, 1.82) is 0 Å². The van der Waals surface area contributed by atoms with Gasteiger partial charge in [0.05, 0.1) is 14.8 Å². The van der Waals surface area contributed by atoms with Gasteiger partial charge in [-0.3, -0.25) is 4.72 Å². The van der Waals surface area contributed by atoms with Crippen molar-refractivity contribution in [1.82, 2.24) is 4.98 Å². The molecular weight excluding hydrogens is 392 g/mol. The summed E-state index contributed by atoms with van der Waals surface area (Å²) in [4.78, 5) is 4.58. The number of aromatic nitrogens is 1. The zero-order valence-electron chi connectivity index (χ0n) is 12.0. The van der Waals surface area contributed by atoms with E-state index in [0.29, 0.717) is 21.2 Å². The first-order valence-corrected chi connectivity index (χ1v) is 10.4. The molecule has 1 aromatic carbocycles. The summed E-state index contributed by atoms with van der Waals surface area (Å²) in [5, 5.41) is 0.401. The first-order chi connectivity index (χ1) is 9.74. The fourth-order valence-electron chi connectivity index (χ4n) is 2.10. The molecule has 0 fully saturated rings. The molecule has 114 valence electrons. The van der Waals surface area contributed by atoms with Gasteiger partial charge in [-0.1, -0.05) is 27.3 Å². The second-order valence-corrected chi connectivity index (χ2v) is 9.18. The van der Waals surface area contributed by atoms with Crippen LogP contribution in [-0.4, -0.2) is 19.7 Å². The summed E-state index contributed by atoms with van der Waals surface area (Å²) >= 11 is 6.28. The summed E-state index contributed by atoms with van der Waals surface area (Å²) in [7, 11) is -3.64. The van der Waals surface area contributed by atoms with Gasteiger partial charge in [0, 0.05) is 4.47 Å². The molecule has 4 nitrogen and oxygen atoms in total. The first kappa shape index (κ1) is 16.8. The lowest BCUT2D eigenvalue weighted by Gasteiger charge is -2.11. The van der Waals surface area contributed by atoms with Crippen molar-refractivity contribution in [2.45, 2.75) is 29.9 Å². The number of nitrogens with zero attached hydrogens (tertiary/aromatic N) is 1. The fourth-order valence-corrected chi connectivity index (χ4v) is 6.09. The maximum atomic E-state index is 12.6. The average Bonchev–Trinajstić information content (AvgIpc) is 2.66. The Kier molecular flexibility index (Phi) is 5.02. The molecule has 0 aliphatic carbocycles. The third kappa shape index (κ3) is 3.61. The van der Waals surface area contributed by atoms with Gasteiger partial charge in [0.1, 0.15) is 0 Å². The van der Waals surface area contributed by atoms with Gasteiger partial charge in [0.15, 0.2) is 5.13 Å². The highest BCUT2D eigenvalue weighted by Crippen LogP contribution is 2.32. The third-order valence-electron chi connectivity index (χ3n) is 2.85. The number of sulfonamides is 1. The van der Waals surface area contributed by atoms with Gasteiger partial charge in [0.2, 0.25) is 0 Å². The van der Waals surface area contributed by atoms with Crippen molar-refractivity contribution < 1.29 is 8.42 Å². The van der Waals surface area contributed by atoms with E-state index in [1.807, 2.05) is 13.2 Å². The molecule has 0 saturated carbocycles. The van der Waals surface area contributed by atoms with E-state index in [1.165, 1.54) is 11.3 Å². The molecule has 0 aliphatic rings. The molecule has 0 spiro atoms. The van der Waals surface area contributed by atoms with Crippen molar-refractivity contribution >= 4 is 54.2 Å². The molecular formula is C13H15BrN2O2S3. The molecule has 8 heteroatoms. The van der Waals surface area contributed by atoms with Gasteiger partial charge in [0.25, 0.3) is 10.0 Å². The lowest BCUT2D eigenvalue weighted by Crippen LogP contribution is -2.15. The number of halogens is 1. The number of rotatable bonds is 4. The van der Waals surface area contributed by atoms with Crippen LogP contribution < -0.4 is 4.72 Å². The number of anilines is 1. The number of benzene rings is 1. The normalized spacial score (nSPS) is 11.7. The summed E-state index contributed by atoms with van der Waals surface area (Å²) in [6.45, 7) is 5.44. The Morgan fingerprint density at radius 2 is 1.81 bits per heavy atom. The van der Waals surface area contributed by atoms with Gasteiger partial charge in [-0.05, 0) is 50.3 Å². The van der Waals surface area contributed by atoms with Crippen LogP contribution in [0, 0.1) is 20.8 Å². The van der Waals surface area contributed by atoms with E-state index in [0.717, 1.165) is 14.4 Å². The van der Waals surface area contributed by atoms with E-state index >= 15 is 0 Å². The molecule has 0 aliphatic heterocycles. The maximum absolute atomic E-state index is 12.6. The van der Waals surface area contributed by atoms with Crippen molar-refractivity contribution in [3.63, 3.8) is 0 Å². The summed E-state index contributed by atoms with van der Waals surface area (Å²) < 4.78 is 29.7. The fraction of sp³-hybridized carbons (Fsp3) is 0.308. The van der Waals surface area contributed by atoms with Crippen LogP contribution in [0.25, 0.3) is 0 Å². The Morgan fingerprint density at radius 3 is 2.29 bits per heavy atom. The number of hydrogen-bond acceptors (Lipinski definition) is 5. The summed E-state index contributed by atoms with van der Waals surface area (Å²) in [6, 6.07) is 3.59.